The molecule has 22 heavy (non-hydrogen) atoms. The fourth-order valence-corrected chi connectivity index (χ4v) is 4.10. The van der Waals surface area contributed by atoms with Crippen LogP contribution in [0.25, 0.3) is 0 Å². The fourth-order valence-electron chi connectivity index (χ4n) is 2.45. The van der Waals surface area contributed by atoms with Gasteiger partial charge < -0.3 is 9.84 Å². The van der Waals surface area contributed by atoms with Crippen LogP contribution in [0.3, 0.4) is 0 Å². The molecule has 0 unspecified atom stereocenters. The number of nitrogens with zero attached hydrogens (tertiary/aromatic N) is 1. The van der Waals surface area contributed by atoms with E-state index >= 15 is 0 Å². The largest absolute Gasteiger partial charge is 0.481 e. The predicted octanol–water partition coefficient (Wildman–Crippen LogP) is 0.958. The maximum atomic E-state index is 12.7. The third-order valence-electron chi connectivity index (χ3n) is 3.71. The number of piperidine rings is 1. The van der Waals surface area contributed by atoms with Crippen molar-refractivity contribution in [1.82, 2.24) is 4.31 Å². The van der Waals surface area contributed by atoms with Crippen molar-refractivity contribution in [2.24, 2.45) is 5.92 Å². The lowest BCUT2D eigenvalue weighted by Gasteiger charge is -2.29. The lowest BCUT2D eigenvalue weighted by Crippen LogP contribution is -2.40. The molecule has 1 N–H and O–H groups in total. The molecular formula is C14H17NO6S. The van der Waals surface area contributed by atoms with Crippen molar-refractivity contribution in [3.8, 4) is 0 Å². The SMILES string of the molecule is COC(=O)c1ccccc1S(=O)(=O)N1CCC(C(=O)O)CC1. The van der Waals surface area contributed by atoms with Crippen LogP contribution < -0.4 is 0 Å². The van der Waals surface area contributed by atoms with Crippen LogP contribution >= 0.6 is 0 Å². The molecule has 1 aliphatic heterocycles. The average Bonchev–Trinajstić information content (AvgIpc) is 2.54. The summed E-state index contributed by atoms with van der Waals surface area (Å²) < 4.78 is 31.2. The van der Waals surface area contributed by atoms with E-state index in [4.69, 9.17) is 5.11 Å². The molecule has 0 atom stereocenters. The molecule has 0 amide bonds. The Bertz CT molecular complexity index is 676. The molecule has 0 radical (unpaired) electrons. The fraction of sp³-hybridized carbons (Fsp3) is 0.429. The van der Waals surface area contributed by atoms with Gasteiger partial charge >= 0.3 is 11.9 Å². The smallest absolute Gasteiger partial charge is 0.339 e. The Kier molecular flexibility index (Phi) is 4.82. The van der Waals surface area contributed by atoms with Gasteiger partial charge in [0.2, 0.25) is 10.0 Å². The molecule has 1 saturated heterocycles. The molecule has 8 heteroatoms. The minimum absolute atomic E-state index is 0.0228. The van der Waals surface area contributed by atoms with Gasteiger partial charge in [0.25, 0.3) is 0 Å². The number of esters is 1. The lowest BCUT2D eigenvalue weighted by molar-refractivity contribution is -0.142. The zero-order valence-corrected chi connectivity index (χ0v) is 12.9. The summed E-state index contributed by atoms with van der Waals surface area (Å²) in [4.78, 5) is 22.5. The van der Waals surface area contributed by atoms with Gasteiger partial charge in [-0.1, -0.05) is 12.1 Å². The highest BCUT2D eigenvalue weighted by atomic mass is 32.2. The maximum Gasteiger partial charge on any atom is 0.339 e. The summed E-state index contributed by atoms with van der Waals surface area (Å²) >= 11 is 0. The molecule has 0 aliphatic carbocycles. The van der Waals surface area contributed by atoms with E-state index in [0.717, 1.165) is 0 Å². The van der Waals surface area contributed by atoms with Crippen molar-refractivity contribution in [2.45, 2.75) is 17.7 Å². The first-order valence-electron chi connectivity index (χ1n) is 6.78. The molecule has 0 aromatic heterocycles. The average molecular weight is 327 g/mol. The van der Waals surface area contributed by atoms with Gasteiger partial charge in [-0.2, -0.15) is 4.31 Å². The van der Waals surface area contributed by atoms with Crippen LogP contribution in [0.4, 0.5) is 0 Å². The van der Waals surface area contributed by atoms with Crippen molar-refractivity contribution >= 4 is 22.0 Å². The van der Waals surface area contributed by atoms with Gasteiger partial charge in [0, 0.05) is 13.1 Å². The summed E-state index contributed by atoms with van der Waals surface area (Å²) in [6, 6.07) is 5.83. The summed E-state index contributed by atoms with van der Waals surface area (Å²) in [7, 11) is -2.67. The molecule has 1 aromatic carbocycles. The number of sulfonamides is 1. The van der Waals surface area contributed by atoms with Gasteiger partial charge in [-0.25, -0.2) is 13.2 Å². The molecule has 2 rings (SSSR count). The van der Waals surface area contributed by atoms with E-state index in [2.05, 4.69) is 4.74 Å². The van der Waals surface area contributed by atoms with Crippen LogP contribution in [0.5, 0.6) is 0 Å². The predicted molar refractivity (Wildman–Crippen MR) is 76.9 cm³/mol. The molecule has 120 valence electrons. The number of carbonyl (C=O) groups excluding carboxylic acids is 1. The number of aliphatic carboxylic acids is 1. The normalized spacial score (nSPS) is 17.1. The minimum atomic E-state index is -3.86. The number of carboxylic acids is 1. The van der Waals surface area contributed by atoms with E-state index in [-0.39, 0.29) is 36.4 Å². The van der Waals surface area contributed by atoms with Gasteiger partial charge in [-0.15, -0.1) is 0 Å². The Labute approximate surface area is 128 Å². The van der Waals surface area contributed by atoms with E-state index in [0.29, 0.717) is 0 Å². The molecule has 1 heterocycles. The number of carbonyl (C=O) groups is 2. The van der Waals surface area contributed by atoms with Gasteiger partial charge in [-0.05, 0) is 25.0 Å². The molecular weight excluding hydrogens is 310 g/mol. The standard InChI is InChI=1S/C14H17NO6S/c1-21-14(18)11-4-2-3-5-12(11)22(19,20)15-8-6-10(7-9-15)13(16)17/h2-5,10H,6-9H2,1H3,(H,16,17). The number of benzene rings is 1. The first kappa shape index (κ1) is 16.4. The van der Waals surface area contributed by atoms with E-state index in [1.54, 1.807) is 6.07 Å². The van der Waals surface area contributed by atoms with Crippen LogP contribution in [-0.4, -0.2) is 50.0 Å². The summed E-state index contributed by atoms with van der Waals surface area (Å²) in [5.74, 6) is -2.16. The van der Waals surface area contributed by atoms with E-state index in [9.17, 15) is 18.0 Å². The highest BCUT2D eigenvalue weighted by Crippen LogP contribution is 2.26. The molecule has 0 spiro atoms. The van der Waals surface area contributed by atoms with Gasteiger partial charge in [0.15, 0.2) is 0 Å². The number of methoxy groups -OCH3 is 1. The molecule has 1 fully saturated rings. The van der Waals surface area contributed by atoms with Crippen LogP contribution in [-0.2, 0) is 19.6 Å². The number of ether oxygens (including phenoxy) is 1. The Morgan fingerprint density at radius 3 is 2.36 bits per heavy atom. The van der Waals surface area contributed by atoms with Gasteiger partial charge in [0.05, 0.1) is 23.5 Å². The van der Waals surface area contributed by atoms with Crippen LogP contribution in [0.1, 0.15) is 23.2 Å². The van der Waals surface area contributed by atoms with Crippen molar-refractivity contribution < 1.29 is 27.9 Å². The summed E-state index contributed by atoms with van der Waals surface area (Å²) in [5, 5.41) is 8.96. The second-order valence-electron chi connectivity index (χ2n) is 5.00. The quantitative estimate of drug-likeness (QED) is 0.827. The van der Waals surface area contributed by atoms with Crippen molar-refractivity contribution in [1.29, 1.82) is 0 Å². The number of carboxylic acid groups (broad SMARTS) is 1. The summed E-state index contributed by atoms with van der Waals surface area (Å²) in [5.41, 5.74) is -0.0228. The van der Waals surface area contributed by atoms with Gasteiger partial charge in [0.1, 0.15) is 0 Å². The molecule has 1 aromatic rings. The van der Waals surface area contributed by atoms with Crippen molar-refractivity contribution in [3.63, 3.8) is 0 Å². The third kappa shape index (κ3) is 3.12. The highest BCUT2D eigenvalue weighted by molar-refractivity contribution is 7.89. The number of rotatable bonds is 4. The second-order valence-corrected chi connectivity index (χ2v) is 6.91. The highest BCUT2D eigenvalue weighted by Gasteiger charge is 2.34. The Morgan fingerprint density at radius 2 is 1.82 bits per heavy atom. The second kappa shape index (κ2) is 6.45. The zero-order valence-electron chi connectivity index (χ0n) is 12.1. The first-order chi connectivity index (χ1) is 10.4. The van der Waals surface area contributed by atoms with Gasteiger partial charge in [-0.3, -0.25) is 4.79 Å². The maximum absolute atomic E-state index is 12.7. The Balaban J connectivity index is 2.29. The van der Waals surface area contributed by atoms with Crippen molar-refractivity contribution in [3.05, 3.63) is 29.8 Å². The molecule has 0 bridgehead atoms. The minimum Gasteiger partial charge on any atom is -0.481 e. The molecule has 7 nitrogen and oxygen atoms in total. The van der Waals surface area contributed by atoms with Crippen LogP contribution in [0.2, 0.25) is 0 Å². The Hall–Kier alpha value is -1.93. The van der Waals surface area contributed by atoms with Crippen LogP contribution in [0.15, 0.2) is 29.2 Å². The van der Waals surface area contributed by atoms with Crippen LogP contribution in [0, 0.1) is 5.92 Å². The zero-order chi connectivity index (χ0) is 16.3. The first-order valence-corrected chi connectivity index (χ1v) is 8.22. The molecule has 0 saturated carbocycles. The van der Waals surface area contributed by atoms with Crippen molar-refractivity contribution in [2.75, 3.05) is 20.2 Å². The monoisotopic (exact) mass is 327 g/mol. The number of hydrogen-bond donors (Lipinski definition) is 1. The molecule has 1 aliphatic rings. The van der Waals surface area contributed by atoms with E-state index < -0.39 is 27.9 Å². The third-order valence-corrected chi connectivity index (χ3v) is 5.67. The van der Waals surface area contributed by atoms with E-state index in [1.165, 1.54) is 29.6 Å². The topological polar surface area (TPSA) is 101 Å². The number of hydrogen-bond acceptors (Lipinski definition) is 5. The summed E-state index contributed by atoms with van der Waals surface area (Å²) in [6.07, 6.45) is 0.518. The Morgan fingerprint density at radius 1 is 1.23 bits per heavy atom. The lowest BCUT2D eigenvalue weighted by atomic mass is 9.99. The summed E-state index contributed by atoms with van der Waals surface area (Å²) in [6.45, 7) is 0.240. The van der Waals surface area contributed by atoms with E-state index in [1.807, 2.05) is 0 Å².